The highest BCUT2D eigenvalue weighted by atomic mass is 16.7. The van der Waals surface area contributed by atoms with Crippen LogP contribution in [0.3, 0.4) is 0 Å². The summed E-state index contributed by atoms with van der Waals surface area (Å²) >= 11 is 0. The number of aliphatic hydroxyl groups is 1. The van der Waals surface area contributed by atoms with E-state index in [0.717, 1.165) is 11.3 Å². The number of carbonyl (C=O) groups excluding carboxylic acids is 2. The van der Waals surface area contributed by atoms with Gasteiger partial charge in [-0.25, -0.2) is 0 Å². The zero-order valence-corrected chi connectivity index (χ0v) is 18.3. The van der Waals surface area contributed by atoms with Crippen molar-refractivity contribution >= 4 is 23.1 Å². The molecule has 2 heterocycles. The van der Waals surface area contributed by atoms with Gasteiger partial charge in [0.25, 0.3) is 11.7 Å². The van der Waals surface area contributed by atoms with Gasteiger partial charge in [0.2, 0.25) is 6.79 Å². The molecule has 2 aromatic carbocycles. The molecular formula is C24H26N2O6. The van der Waals surface area contributed by atoms with Crippen molar-refractivity contribution < 1.29 is 28.9 Å². The minimum absolute atomic E-state index is 0.0592. The van der Waals surface area contributed by atoms with E-state index in [9.17, 15) is 14.7 Å². The number of hydrogen-bond donors (Lipinski definition) is 1. The SMILES string of the molecule is COCCCN1C(=O)C(=O)/C(=C(\O)c2ccc3c(c2)OCO3)C1c1ccc(N(C)C)cc1. The summed E-state index contributed by atoms with van der Waals surface area (Å²) in [5.74, 6) is -0.533. The fourth-order valence-corrected chi connectivity index (χ4v) is 3.99. The minimum Gasteiger partial charge on any atom is -0.507 e. The molecule has 32 heavy (non-hydrogen) atoms. The summed E-state index contributed by atoms with van der Waals surface area (Å²) in [7, 11) is 5.46. The van der Waals surface area contributed by atoms with Crippen molar-refractivity contribution in [2.75, 3.05) is 46.0 Å². The van der Waals surface area contributed by atoms with Crippen LogP contribution in [0.4, 0.5) is 5.69 Å². The second-order valence-corrected chi connectivity index (χ2v) is 7.89. The Bertz CT molecular complexity index is 1060. The Morgan fingerprint density at radius 2 is 1.84 bits per heavy atom. The number of rotatable bonds is 7. The molecule has 1 N–H and O–H groups in total. The molecule has 0 aromatic heterocycles. The van der Waals surface area contributed by atoms with Crippen LogP contribution >= 0.6 is 0 Å². The van der Waals surface area contributed by atoms with Gasteiger partial charge in [0.05, 0.1) is 11.6 Å². The minimum atomic E-state index is -0.709. The quantitative estimate of drug-likeness (QED) is 0.308. The Balaban J connectivity index is 1.79. The molecule has 1 saturated heterocycles. The van der Waals surface area contributed by atoms with Crippen LogP contribution in [0.15, 0.2) is 48.0 Å². The van der Waals surface area contributed by atoms with E-state index in [1.54, 1.807) is 25.3 Å². The van der Waals surface area contributed by atoms with Crippen molar-refractivity contribution in [3.63, 3.8) is 0 Å². The molecule has 0 radical (unpaired) electrons. The lowest BCUT2D eigenvalue weighted by atomic mass is 9.95. The maximum atomic E-state index is 13.1. The van der Waals surface area contributed by atoms with E-state index >= 15 is 0 Å². The Kier molecular flexibility index (Phi) is 6.05. The van der Waals surface area contributed by atoms with Gasteiger partial charge in [-0.15, -0.1) is 0 Å². The lowest BCUT2D eigenvalue weighted by Crippen LogP contribution is -2.31. The van der Waals surface area contributed by atoms with E-state index in [1.165, 1.54) is 4.90 Å². The van der Waals surface area contributed by atoms with Gasteiger partial charge in [-0.1, -0.05) is 12.1 Å². The highest BCUT2D eigenvalue weighted by molar-refractivity contribution is 6.46. The van der Waals surface area contributed by atoms with E-state index in [4.69, 9.17) is 14.2 Å². The topological polar surface area (TPSA) is 88.5 Å². The molecule has 8 heteroatoms. The summed E-state index contributed by atoms with van der Waals surface area (Å²) in [5, 5.41) is 11.2. The molecule has 168 valence electrons. The molecule has 1 fully saturated rings. The number of aliphatic hydroxyl groups excluding tert-OH is 1. The molecule has 0 saturated carbocycles. The molecule has 1 amide bonds. The predicted molar refractivity (Wildman–Crippen MR) is 119 cm³/mol. The van der Waals surface area contributed by atoms with Gasteiger partial charge in [0, 0.05) is 45.6 Å². The third-order valence-electron chi connectivity index (χ3n) is 5.66. The number of amides is 1. The molecule has 0 spiro atoms. The molecular weight excluding hydrogens is 412 g/mol. The summed E-state index contributed by atoms with van der Waals surface area (Å²) in [6, 6.07) is 11.8. The van der Waals surface area contributed by atoms with Crippen LogP contribution in [0.1, 0.15) is 23.6 Å². The summed E-state index contributed by atoms with van der Waals surface area (Å²) in [6.45, 7) is 0.884. The summed E-state index contributed by atoms with van der Waals surface area (Å²) in [4.78, 5) is 29.4. The zero-order valence-electron chi connectivity index (χ0n) is 18.3. The van der Waals surface area contributed by atoms with Crippen LogP contribution < -0.4 is 14.4 Å². The molecule has 1 unspecified atom stereocenters. The number of hydrogen-bond acceptors (Lipinski definition) is 7. The van der Waals surface area contributed by atoms with Crippen LogP contribution in [0.5, 0.6) is 11.5 Å². The number of ketones is 1. The molecule has 2 aromatic rings. The molecule has 2 aliphatic rings. The third kappa shape index (κ3) is 3.89. The van der Waals surface area contributed by atoms with Crippen molar-refractivity contribution in [3.8, 4) is 11.5 Å². The average molecular weight is 438 g/mol. The lowest BCUT2D eigenvalue weighted by molar-refractivity contribution is -0.140. The van der Waals surface area contributed by atoms with Crippen LogP contribution in [0.25, 0.3) is 5.76 Å². The van der Waals surface area contributed by atoms with E-state index in [-0.39, 0.29) is 18.1 Å². The number of methoxy groups -OCH3 is 1. The number of anilines is 1. The first-order valence-electron chi connectivity index (χ1n) is 10.4. The Hall–Kier alpha value is -3.52. The van der Waals surface area contributed by atoms with E-state index in [1.807, 2.05) is 43.3 Å². The number of nitrogens with zero attached hydrogens (tertiary/aromatic N) is 2. The van der Waals surface area contributed by atoms with Crippen molar-refractivity contribution in [2.45, 2.75) is 12.5 Å². The number of benzene rings is 2. The van der Waals surface area contributed by atoms with Crippen LogP contribution in [-0.4, -0.2) is 62.8 Å². The predicted octanol–water partition coefficient (Wildman–Crippen LogP) is 2.94. The van der Waals surface area contributed by atoms with E-state index in [2.05, 4.69) is 0 Å². The second-order valence-electron chi connectivity index (χ2n) is 7.89. The number of Topliss-reactive ketones (excluding diaryl/α,β-unsaturated/α-hetero) is 1. The molecule has 4 rings (SSSR count). The van der Waals surface area contributed by atoms with Gasteiger partial charge < -0.3 is 29.1 Å². The van der Waals surface area contributed by atoms with Crippen molar-refractivity contribution in [1.82, 2.24) is 4.90 Å². The highest BCUT2D eigenvalue weighted by Crippen LogP contribution is 2.41. The Labute approximate surface area is 186 Å². The van der Waals surface area contributed by atoms with Gasteiger partial charge in [0.1, 0.15) is 5.76 Å². The number of carbonyl (C=O) groups is 2. The summed E-state index contributed by atoms with van der Waals surface area (Å²) in [6.07, 6.45) is 0.569. The van der Waals surface area contributed by atoms with E-state index in [0.29, 0.717) is 36.6 Å². The second kappa shape index (κ2) is 8.92. The van der Waals surface area contributed by atoms with Crippen molar-refractivity contribution in [3.05, 3.63) is 59.2 Å². The number of fused-ring (bicyclic) bond motifs is 1. The lowest BCUT2D eigenvalue weighted by Gasteiger charge is -2.26. The largest absolute Gasteiger partial charge is 0.507 e. The van der Waals surface area contributed by atoms with Crippen LogP contribution in [0, 0.1) is 0 Å². The summed E-state index contributed by atoms with van der Waals surface area (Å²) in [5.41, 5.74) is 2.18. The standard InChI is InChI=1S/C24H26N2O6/c1-25(2)17-8-5-15(6-9-17)21-20(23(28)24(29)26(21)11-4-12-30-3)22(27)16-7-10-18-19(13-16)32-14-31-18/h5-10,13,21,27H,4,11-12,14H2,1-3H3/b22-20-. The maximum absolute atomic E-state index is 13.1. The third-order valence-corrected chi connectivity index (χ3v) is 5.66. The van der Waals surface area contributed by atoms with Gasteiger partial charge in [-0.05, 0) is 42.3 Å². The Morgan fingerprint density at radius 3 is 2.53 bits per heavy atom. The monoisotopic (exact) mass is 438 g/mol. The van der Waals surface area contributed by atoms with Crippen molar-refractivity contribution in [1.29, 1.82) is 0 Å². The number of likely N-dealkylation sites (tertiary alicyclic amines) is 1. The van der Waals surface area contributed by atoms with Gasteiger partial charge in [-0.3, -0.25) is 9.59 Å². The first kappa shape index (κ1) is 21.7. The van der Waals surface area contributed by atoms with Crippen molar-refractivity contribution in [2.24, 2.45) is 0 Å². The molecule has 8 nitrogen and oxygen atoms in total. The van der Waals surface area contributed by atoms with Crippen LogP contribution in [-0.2, 0) is 14.3 Å². The van der Waals surface area contributed by atoms with Gasteiger partial charge in [0.15, 0.2) is 11.5 Å². The van der Waals surface area contributed by atoms with Gasteiger partial charge in [-0.2, -0.15) is 0 Å². The first-order valence-corrected chi connectivity index (χ1v) is 10.4. The molecule has 2 aliphatic heterocycles. The molecule has 0 bridgehead atoms. The molecule has 1 atom stereocenters. The smallest absolute Gasteiger partial charge is 0.295 e. The normalized spacial score (nSPS) is 19.0. The van der Waals surface area contributed by atoms with Gasteiger partial charge >= 0.3 is 0 Å². The fraction of sp³-hybridized carbons (Fsp3) is 0.333. The number of ether oxygens (including phenoxy) is 3. The van der Waals surface area contributed by atoms with E-state index < -0.39 is 17.7 Å². The first-order chi connectivity index (χ1) is 15.4. The van der Waals surface area contributed by atoms with Crippen LogP contribution in [0.2, 0.25) is 0 Å². The average Bonchev–Trinajstić information content (AvgIpc) is 3.36. The maximum Gasteiger partial charge on any atom is 0.295 e. The summed E-state index contributed by atoms with van der Waals surface area (Å²) < 4.78 is 15.8. The molecule has 0 aliphatic carbocycles. The Morgan fingerprint density at radius 1 is 1.12 bits per heavy atom. The highest BCUT2D eigenvalue weighted by Gasteiger charge is 2.45. The fourth-order valence-electron chi connectivity index (χ4n) is 3.99. The zero-order chi connectivity index (χ0) is 22.8.